The molecule has 8 heteroatoms. The quantitative estimate of drug-likeness (QED) is 0.430. The van der Waals surface area contributed by atoms with Crippen LogP contribution >= 0.6 is 0 Å². The number of nitrogens with zero attached hydrogens (tertiary/aromatic N) is 3. The van der Waals surface area contributed by atoms with Crippen molar-refractivity contribution >= 4 is 23.1 Å². The van der Waals surface area contributed by atoms with Crippen LogP contribution in [0.2, 0.25) is 0 Å². The molecular weight excluding hydrogens is 417 g/mol. The molecule has 0 aliphatic carbocycles. The molecule has 32 heavy (non-hydrogen) atoms. The smallest absolute Gasteiger partial charge is 0.328 e. The standard InChI is InChI=1S/C24H19F3N4O/c1-30(21-15-9-8-14-19(21)28-23(32)24(25,26)27)22-16-20(17-10-4-2-5-11-17)29-31(22)18-12-6-3-7-13-18/h2-16H,1H3,(H,28,32). The molecule has 0 saturated heterocycles. The number of benzene rings is 3. The molecule has 0 spiro atoms. The van der Waals surface area contributed by atoms with Gasteiger partial charge in [0, 0.05) is 18.7 Å². The Labute approximate surface area is 182 Å². The van der Waals surface area contributed by atoms with Crippen LogP contribution in [0.5, 0.6) is 0 Å². The zero-order valence-electron chi connectivity index (χ0n) is 17.0. The molecule has 1 aromatic heterocycles. The first-order valence-corrected chi connectivity index (χ1v) is 9.76. The normalized spacial score (nSPS) is 11.2. The third-order valence-corrected chi connectivity index (χ3v) is 4.88. The molecule has 1 amide bonds. The summed E-state index contributed by atoms with van der Waals surface area (Å²) in [5.74, 6) is -1.41. The fourth-order valence-electron chi connectivity index (χ4n) is 3.31. The number of hydrogen-bond acceptors (Lipinski definition) is 3. The van der Waals surface area contributed by atoms with Gasteiger partial charge in [-0.1, -0.05) is 60.7 Å². The lowest BCUT2D eigenvalue weighted by molar-refractivity contribution is -0.167. The summed E-state index contributed by atoms with van der Waals surface area (Å²) in [4.78, 5) is 13.2. The molecule has 3 aromatic carbocycles. The van der Waals surface area contributed by atoms with E-state index in [-0.39, 0.29) is 5.69 Å². The number of halogens is 3. The van der Waals surface area contributed by atoms with Crippen LogP contribution in [-0.2, 0) is 4.79 Å². The van der Waals surface area contributed by atoms with Crippen LogP contribution in [-0.4, -0.2) is 28.9 Å². The Morgan fingerprint density at radius 2 is 1.50 bits per heavy atom. The number of nitrogens with one attached hydrogen (secondary N) is 1. The molecule has 4 aromatic rings. The molecule has 0 aliphatic heterocycles. The first-order chi connectivity index (χ1) is 15.3. The predicted molar refractivity (Wildman–Crippen MR) is 118 cm³/mol. The van der Waals surface area contributed by atoms with Crippen LogP contribution in [0.1, 0.15) is 0 Å². The molecule has 0 aliphatic rings. The Balaban J connectivity index is 1.80. The zero-order valence-corrected chi connectivity index (χ0v) is 17.0. The Bertz CT molecular complexity index is 1220. The highest BCUT2D eigenvalue weighted by molar-refractivity contribution is 5.98. The van der Waals surface area contributed by atoms with E-state index in [0.29, 0.717) is 17.2 Å². The van der Waals surface area contributed by atoms with Gasteiger partial charge in [0.15, 0.2) is 0 Å². The molecule has 0 radical (unpaired) electrons. The van der Waals surface area contributed by atoms with Crippen molar-refractivity contribution in [2.45, 2.75) is 6.18 Å². The minimum absolute atomic E-state index is 0.0411. The zero-order chi connectivity index (χ0) is 22.7. The number of carbonyl (C=O) groups is 1. The van der Waals surface area contributed by atoms with Crippen LogP contribution in [0, 0.1) is 0 Å². The van der Waals surface area contributed by atoms with Gasteiger partial charge >= 0.3 is 12.1 Å². The maximum Gasteiger partial charge on any atom is 0.471 e. The van der Waals surface area contributed by atoms with Crippen LogP contribution in [0.4, 0.5) is 30.4 Å². The Hall–Kier alpha value is -4.07. The van der Waals surface area contributed by atoms with Crippen molar-refractivity contribution in [2.75, 3.05) is 17.3 Å². The van der Waals surface area contributed by atoms with E-state index in [1.54, 1.807) is 34.8 Å². The fraction of sp³-hybridized carbons (Fsp3) is 0.0833. The van der Waals surface area contributed by atoms with Crippen molar-refractivity contribution in [2.24, 2.45) is 0 Å². The van der Waals surface area contributed by atoms with Crippen LogP contribution in [0.15, 0.2) is 91.0 Å². The summed E-state index contributed by atoms with van der Waals surface area (Å²) in [7, 11) is 1.71. The van der Waals surface area contributed by atoms with Gasteiger partial charge in [-0.05, 0) is 24.3 Å². The van der Waals surface area contributed by atoms with Gasteiger partial charge in [0.2, 0.25) is 0 Å². The number of rotatable bonds is 5. The Morgan fingerprint density at radius 1 is 0.906 bits per heavy atom. The number of para-hydroxylation sites is 3. The molecule has 0 unspecified atom stereocenters. The maximum absolute atomic E-state index is 12.8. The number of hydrogen-bond donors (Lipinski definition) is 1. The van der Waals surface area contributed by atoms with Crippen LogP contribution in [0.3, 0.4) is 0 Å². The average molecular weight is 436 g/mol. The summed E-state index contributed by atoms with van der Waals surface area (Å²) in [6.45, 7) is 0. The minimum atomic E-state index is -4.99. The van der Waals surface area contributed by atoms with E-state index in [4.69, 9.17) is 5.10 Å². The fourth-order valence-corrected chi connectivity index (χ4v) is 3.31. The topological polar surface area (TPSA) is 50.2 Å². The Kier molecular flexibility index (Phi) is 5.68. The molecule has 0 fully saturated rings. The molecule has 1 N–H and O–H groups in total. The van der Waals surface area contributed by atoms with E-state index in [1.807, 2.05) is 72.0 Å². The SMILES string of the molecule is CN(c1ccccc1NC(=O)C(F)(F)F)c1cc(-c2ccccc2)nn1-c1ccccc1. The molecule has 1 heterocycles. The third-order valence-electron chi connectivity index (χ3n) is 4.88. The number of alkyl halides is 3. The van der Waals surface area contributed by atoms with Gasteiger partial charge in [-0.3, -0.25) is 4.79 Å². The number of amides is 1. The maximum atomic E-state index is 12.8. The third kappa shape index (κ3) is 4.34. The summed E-state index contributed by atoms with van der Waals surface area (Å²) in [5, 5.41) is 6.70. The van der Waals surface area contributed by atoms with E-state index >= 15 is 0 Å². The van der Waals surface area contributed by atoms with Crippen molar-refractivity contribution in [1.29, 1.82) is 0 Å². The van der Waals surface area contributed by atoms with Gasteiger partial charge in [0.25, 0.3) is 0 Å². The van der Waals surface area contributed by atoms with Gasteiger partial charge in [-0.25, -0.2) is 4.68 Å². The number of aromatic nitrogens is 2. The van der Waals surface area contributed by atoms with E-state index < -0.39 is 12.1 Å². The lowest BCUT2D eigenvalue weighted by Gasteiger charge is -2.23. The molecule has 162 valence electrons. The van der Waals surface area contributed by atoms with Crippen molar-refractivity contribution in [3.05, 3.63) is 91.0 Å². The minimum Gasteiger partial charge on any atom is -0.328 e. The van der Waals surface area contributed by atoms with Gasteiger partial charge in [0.1, 0.15) is 5.82 Å². The largest absolute Gasteiger partial charge is 0.471 e. The van der Waals surface area contributed by atoms with Crippen LogP contribution in [0.25, 0.3) is 16.9 Å². The molecule has 0 atom stereocenters. The second-order valence-electron chi connectivity index (χ2n) is 7.03. The lowest BCUT2D eigenvalue weighted by atomic mass is 10.1. The summed E-state index contributed by atoms with van der Waals surface area (Å²) < 4.78 is 40.2. The van der Waals surface area contributed by atoms with E-state index in [2.05, 4.69) is 0 Å². The average Bonchev–Trinajstić information content (AvgIpc) is 3.25. The summed E-state index contributed by atoms with van der Waals surface area (Å²) in [6, 6.07) is 27.2. The van der Waals surface area contributed by atoms with E-state index in [1.165, 1.54) is 6.07 Å². The molecular formula is C24H19F3N4O. The number of carbonyl (C=O) groups excluding carboxylic acids is 1. The molecule has 0 saturated carbocycles. The molecule has 4 rings (SSSR count). The van der Waals surface area contributed by atoms with Gasteiger partial charge in [-0.15, -0.1) is 0 Å². The van der Waals surface area contributed by atoms with Crippen molar-refractivity contribution in [3.8, 4) is 16.9 Å². The second kappa shape index (κ2) is 8.58. The molecule has 0 bridgehead atoms. The summed E-state index contributed by atoms with van der Waals surface area (Å²) in [5.41, 5.74) is 2.82. The molecule has 5 nitrogen and oxygen atoms in total. The first kappa shape index (κ1) is 21.2. The highest BCUT2D eigenvalue weighted by atomic mass is 19.4. The second-order valence-corrected chi connectivity index (χ2v) is 7.03. The van der Waals surface area contributed by atoms with Crippen molar-refractivity contribution in [3.63, 3.8) is 0 Å². The highest BCUT2D eigenvalue weighted by Gasteiger charge is 2.39. The van der Waals surface area contributed by atoms with Crippen molar-refractivity contribution in [1.82, 2.24) is 9.78 Å². The Morgan fingerprint density at radius 3 is 2.16 bits per heavy atom. The van der Waals surface area contributed by atoms with Gasteiger partial charge in [-0.2, -0.15) is 18.3 Å². The van der Waals surface area contributed by atoms with Gasteiger partial charge in [0.05, 0.1) is 22.8 Å². The van der Waals surface area contributed by atoms with E-state index in [9.17, 15) is 18.0 Å². The van der Waals surface area contributed by atoms with Crippen molar-refractivity contribution < 1.29 is 18.0 Å². The first-order valence-electron chi connectivity index (χ1n) is 9.76. The van der Waals surface area contributed by atoms with Gasteiger partial charge < -0.3 is 10.2 Å². The van der Waals surface area contributed by atoms with E-state index in [0.717, 1.165) is 11.3 Å². The lowest BCUT2D eigenvalue weighted by Crippen LogP contribution is -2.30. The van der Waals surface area contributed by atoms with Crippen LogP contribution < -0.4 is 10.2 Å². The monoisotopic (exact) mass is 436 g/mol. The predicted octanol–water partition coefficient (Wildman–Crippen LogP) is 5.81. The summed E-state index contributed by atoms with van der Waals surface area (Å²) >= 11 is 0. The highest BCUT2D eigenvalue weighted by Crippen LogP contribution is 2.35. The number of anilines is 3. The summed E-state index contributed by atoms with van der Waals surface area (Å²) in [6.07, 6.45) is -4.99.